The fourth-order valence-electron chi connectivity index (χ4n) is 2.99. The molecule has 1 heterocycles. The summed E-state index contributed by atoms with van der Waals surface area (Å²) in [4.78, 5) is 16.5. The molecule has 7 nitrogen and oxygen atoms in total. The molecule has 1 aromatic heterocycles. The van der Waals surface area contributed by atoms with Crippen molar-refractivity contribution < 1.29 is 14.3 Å². The Morgan fingerprint density at radius 1 is 1.03 bits per heavy atom. The number of benzene rings is 2. The number of carbonyl (C=O) groups is 1. The number of hydrogen-bond donors (Lipinski definition) is 2. The predicted octanol–water partition coefficient (Wildman–Crippen LogP) is 4.25. The van der Waals surface area contributed by atoms with Crippen molar-refractivity contribution in [2.45, 2.75) is 45.6 Å². The lowest BCUT2D eigenvalue weighted by molar-refractivity contribution is -0.121. The highest BCUT2D eigenvalue weighted by atomic mass is 16.5. The van der Waals surface area contributed by atoms with E-state index in [0.717, 1.165) is 17.1 Å². The number of amides is 1. The van der Waals surface area contributed by atoms with Crippen molar-refractivity contribution in [1.82, 2.24) is 20.5 Å². The van der Waals surface area contributed by atoms with E-state index in [1.165, 1.54) is 5.56 Å². The maximum atomic E-state index is 12.1. The molecule has 0 atom stereocenters. The lowest BCUT2D eigenvalue weighted by Gasteiger charge is -2.19. The number of nitrogens with zero attached hydrogens (tertiary/aromatic N) is 2. The molecule has 0 saturated carbocycles. The molecule has 0 saturated heterocycles. The van der Waals surface area contributed by atoms with E-state index in [1.54, 1.807) is 7.11 Å². The van der Waals surface area contributed by atoms with E-state index in [-0.39, 0.29) is 11.3 Å². The van der Waals surface area contributed by atoms with Crippen molar-refractivity contribution in [1.29, 1.82) is 0 Å². The first-order valence-electron chi connectivity index (χ1n) is 10.4. The minimum absolute atomic E-state index is 0.0472. The van der Waals surface area contributed by atoms with Crippen LogP contribution >= 0.6 is 0 Å². The fourth-order valence-corrected chi connectivity index (χ4v) is 2.99. The molecule has 7 heteroatoms. The molecule has 0 radical (unpaired) electrons. The van der Waals surface area contributed by atoms with Gasteiger partial charge in [-0.2, -0.15) is 5.10 Å². The highest BCUT2D eigenvalue weighted by molar-refractivity contribution is 5.75. The third-order valence-corrected chi connectivity index (χ3v) is 4.87. The molecule has 3 rings (SSSR count). The van der Waals surface area contributed by atoms with Gasteiger partial charge in [0.15, 0.2) is 5.82 Å². The van der Waals surface area contributed by atoms with Gasteiger partial charge in [0, 0.05) is 12.0 Å². The Hall–Kier alpha value is -3.35. The second kappa shape index (κ2) is 10.1. The highest BCUT2D eigenvalue weighted by Crippen LogP contribution is 2.24. The molecule has 0 unspecified atom stereocenters. The molecule has 2 N–H and O–H groups in total. The molecular weight excluding hydrogens is 392 g/mol. The van der Waals surface area contributed by atoms with Crippen molar-refractivity contribution in [3.63, 3.8) is 0 Å². The lowest BCUT2D eigenvalue weighted by atomic mass is 9.87. The molecule has 2 aromatic carbocycles. The quantitative estimate of drug-likeness (QED) is 0.503. The van der Waals surface area contributed by atoms with E-state index in [1.807, 2.05) is 36.4 Å². The number of ether oxygens (including phenoxy) is 2. The summed E-state index contributed by atoms with van der Waals surface area (Å²) in [6.07, 6.45) is 1.03. The first-order valence-corrected chi connectivity index (χ1v) is 10.4. The lowest BCUT2D eigenvalue weighted by Crippen LogP contribution is -2.23. The van der Waals surface area contributed by atoms with E-state index in [0.29, 0.717) is 37.6 Å². The molecule has 0 aliphatic rings. The van der Waals surface area contributed by atoms with Crippen molar-refractivity contribution in [3.05, 3.63) is 59.9 Å². The van der Waals surface area contributed by atoms with Gasteiger partial charge in [0.2, 0.25) is 5.91 Å². The molecule has 3 aromatic rings. The van der Waals surface area contributed by atoms with Crippen LogP contribution in [0.3, 0.4) is 0 Å². The number of aromatic nitrogens is 3. The zero-order valence-corrected chi connectivity index (χ0v) is 18.6. The molecular formula is C24H30N4O3. The molecule has 0 aliphatic heterocycles. The van der Waals surface area contributed by atoms with Crippen LogP contribution in [0.4, 0.5) is 0 Å². The monoisotopic (exact) mass is 422 g/mol. The number of H-pyrrole nitrogens is 1. The number of methoxy groups -OCH3 is 1. The van der Waals surface area contributed by atoms with Crippen LogP contribution in [-0.2, 0) is 16.8 Å². The van der Waals surface area contributed by atoms with Crippen LogP contribution in [0.25, 0.3) is 11.4 Å². The van der Waals surface area contributed by atoms with E-state index < -0.39 is 0 Å². The second-order valence-electron chi connectivity index (χ2n) is 8.34. The number of rotatable bonds is 9. The summed E-state index contributed by atoms with van der Waals surface area (Å²) in [7, 11) is 1.62. The standard InChI is InChI=1S/C24H30N4O3/c1-24(2,3)18-9-13-20(14-10-18)31-15-5-6-22(29)25-16-21-26-23(28-27-21)17-7-11-19(30-4)12-8-17/h7-14H,5-6,15-16H2,1-4H3,(H,25,29)(H,26,27,28). The van der Waals surface area contributed by atoms with Crippen LogP contribution < -0.4 is 14.8 Å². The summed E-state index contributed by atoms with van der Waals surface area (Å²) in [5, 5.41) is 9.92. The van der Waals surface area contributed by atoms with Crippen LogP contribution in [0.1, 0.15) is 45.0 Å². The van der Waals surface area contributed by atoms with E-state index in [2.05, 4.69) is 53.4 Å². The van der Waals surface area contributed by atoms with Gasteiger partial charge >= 0.3 is 0 Å². The molecule has 0 aliphatic carbocycles. The smallest absolute Gasteiger partial charge is 0.220 e. The van der Waals surface area contributed by atoms with Gasteiger partial charge in [0.05, 0.1) is 20.3 Å². The number of nitrogens with one attached hydrogen (secondary N) is 2. The normalized spacial score (nSPS) is 11.2. The minimum Gasteiger partial charge on any atom is -0.497 e. The average molecular weight is 423 g/mol. The Labute approximate surface area is 183 Å². The zero-order valence-electron chi connectivity index (χ0n) is 18.6. The third-order valence-electron chi connectivity index (χ3n) is 4.87. The maximum Gasteiger partial charge on any atom is 0.220 e. The summed E-state index contributed by atoms with van der Waals surface area (Å²) in [5.74, 6) is 2.74. The summed E-state index contributed by atoms with van der Waals surface area (Å²) in [6.45, 7) is 7.34. The van der Waals surface area contributed by atoms with Crippen LogP contribution in [0.2, 0.25) is 0 Å². The fraction of sp³-hybridized carbons (Fsp3) is 0.375. The zero-order chi connectivity index (χ0) is 22.3. The van der Waals surface area contributed by atoms with Gasteiger partial charge in [-0.3, -0.25) is 9.89 Å². The molecule has 31 heavy (non-hydrogen) atoms. The topological polar surface area (TPSA) is 89.1 Å². The Kier molecular flexibility index (Phi) is 7.28. The first-order chi connectivity index (χ1) is 14.8. The summed E-state index contributed by atoms with van der Waals surface area (Å²) in [5.41, 5.74) is 2.26. The van der Waals surface area contributed by atoms with E-state index >= 15 is 0 Å². The van der Waals surface area contributed by atoms with Crippen LogP contribution in [0, 0.1) is 0 Å². The average Bonchev–Trinajstić information content (AvgIpc) is 3.24. The van der Waals surface area contributed by atoms with Gasteiger partial charge < -0.3 is 14.8 Å². The van der Waals surface area contributed by atoms with Crippen molar-refractivity contribution >= 4 is 5.91 Å². The second-order valence-corrected chi connectivity index (χ2v) is 8.34. The van der Waals surface area contributed by atoms with Gasteiger partial charge in [-0.15, -0.1) is 0 Å². The maximum absolute atomic E-state index is 12.1. The summed E-state index contributed by atoms with van der Waals surface area (Å²) < 4.78 is 10.9. The van der Waals surface area contributed by atoms with Crippen molar-refractivity contribution in [2.24, 2.45) is 0 Å². The van der Waals surface area contributed by atoms with Crippen molar-refractivity contribution in [3.8, 4) is 22.9 Å². The number of aromatic amines is 1. The molecule has 0 fully saturated rings. The molecule has 0 spiro atoms. The highest BCUT2D eigenvalue weighted by Gasteiger charge is 2.13. The van der Waals surface area contributed by atoms with Crippen molar-refractivity contribution in [2.75, 3.05) is 13.7 Å². The Balaban J connectivity index is 1.37. The van der Waals surface area contributed by atoms with Gasteiger partial charge in [-0.05, 0) is 53.8 Å². The van der Waals surface area contributed by atoms with Gasteiger partial charge in [-0.1, -0.05) is 32.9 Å². The van der Waals surface area contributed by atoms with E-state index in [9.17, 15) is 4.79 Å². The Morgan fingerprint density at radius 3 is 2.35 bits per heavy atom. The summed E-state index contributed by atoms with van der Waals surface area (Å²) >= 11 is 0. The SMILES string of the molecule is COc1ccc(-c2n[nH]c(CNC(=O)CCCOc3ccc(C(C)(C)C)cc3)n2)cc1. The molecule has 0 bridgehead atoms. The largest absolute Gasteiger partial charge is 0.497 e. The predicted molar refractivity (Wildman–Crippen MR) is 120 cm³/mol. The van der Waals surface area contributed by atoms with Crippen LogP contribution in [0.5, 0.6) is 11.5 Å². The number of hydrogen-bond acceptors (Lipinski definition) is 5. The molecule has 164 valence electrons. The Bertz CT molecular complexity index is 973. The third kappa shape index (κ3) is 6.57. The van der Waals surface area contributed by atoms with E-state index in [4.69, 9.17) is 9.47 Å². The minimum atomic E-state index is -0.0472. The van der Waals surface area contributed by atoms with Gasteiger partial charge in [0.25, 0.3) is 0 Å². The van der Waals surface area contributed by atoms with Crippen LogP contribution in [0.15, 0.2) is 48.5 Å². The Morgan fingerprint density at radius 2 is 1.71 bits per heavy atom. The van der Waals surface area contributed by atoms with Gasteiger partial charge in [-0.25, -0.2) is 4.98 Å². The van der Waals surface area contributed by atoms with Gasteiger partial charge in [0.1, 0.15) is 17.3 Å². The van der Waals surface area contributed by atoms with Crippen LogP contribution in [-0.4, -0.2) is 34.8 Å². The molecule has 1 amide bonds. The first kappa shape index (κ1) is 22.3. The summed E-state index contributed by atoms with van der Waals surface area (Å²) in [6, 6.07) is 15.6. The number of carbonyl (C=O) groups excluding carboxylic acids is 1.